The monoisotopic (exact) mass is 381 g/mol. The highest BCUT2D eigenvalue weighted by Gasteiger charge is 2.27. The largest absolute Gasteiger partial charge is 0.469 e. The number of hydrogen-bond donors (Lipinski definition) is 1. The predicted molar refractivity (Wildman–Crippen MR) is 102 cm³/mol. The van der Waals surface area contributed by atoms with Crippen molar-refractivity contribution in [1.82, 2.24) is 5.32 Å². The summed E-state index contributed by atoms with van der Waals surface area (Å²) in [4.78, 5) is 36.3. The second kappa shape index (κ2) is 12.4. The van der Waals surface area contributed by atoms with Gasteiger partial charge >= 0.3 is 12.1 Å². The van der Waals surface area contributed by atoms with Crippen molar-refractivity contribution < 1.29 is 23.9 Å². The number of benzene rings is 1. The summed E-state index contributed by atoms with van der Waals surface area (Å²) in [5.41, 5.74) is 0.866. The molecule has 26 heavy (non-hydrogen) atoms. The van der Waals surface area contributed by atoms with Gasteiger partial charge < -0.3 is 14.8 Å². The molecule has 144 valence electrons. The minimum absolute atomic E-state index is 0.0463. The summed E-state index contributed by atoms with van der Waals surface area (Å²) < 4.78 is 9.93. The maximum atomic E-state index is 12.5. The number of methoxy groups -OCH3 is 1. The Morgan fingerprint density at radius 1 is 1.19 bits per heavy atom. The second-order valence-electron chi connectivity index (χ2n) is 5.84. The number of carbonyl (C=O) groups is 3. The minimum atomic E-state index is -0.681. The van der Waals surface area contributed by atoms with Crippen molar-refractivity contribution in [2.75, 3.05) is 19.1 Å². The average Bonchev–Trinajstić information content (AvgIpc) is 2.67. The first-order chi connectivity index (χ1) is 12.5. The van der Waals surface area contributed by atoms with Crippen molar-refractivity contribution >= 4 is 29.6 Å². The fourth-order valence-electron chi connectivity index (χ4n) is 2.43. The third-order valence-electron chi connectivity index (χ3n) is 3.95. The van der Waals surface area contributed by atoms with Crippen LogP contribution in [-0.2, 0) is 25.7 Å². The molecule has 0 fully saturated rings. The summed E-state index contributed by atoms with van der Waals surface area (Å²) in [5, 5.41) is 2.59. The smallest absolute Gasteiger partial charge is 0.408 e. The molecule has 0 saturated heterocycles. The van der Waals surface area contributed by atoms with Crippen molar-refractivity contribution in [2.45, 2.75) is 38.8 Å². The van der Waals surface area contributed by atoms with Gasteiger partial charge in [-0.25, -0.2) is 4.79 Å². The maximum Gasteiger partial charge on any atom is 0.408 e. The Labute approximate surface area is 159 Å². The molecular formula is C19H27NO5S. The number of thioether (sulfide) groups is 1. The number of rotatable bonds is 11. The van der Waals surface area contributed by atoms with Crippen LogP contribution in [-0.4, -0.2) is 43.0 Å². The topological polar surface area (TPSA) is 81.7 Å². The molecule has 1 amide bonds. The molecule has 1 rings (SSSR count). The number of ether oxygens (including phenoxy) is 2. The zero-order chi connectivity index (χ0) is 19.4. The molecule has 1 aromatic rings. The van der Waals surface area contributed by atoms with Crippen molar-refractivity contribution in [3.05, 3.63) is 35.9 Å². The molecule has 1 N–H and O–H groups in total. The van der Waals surface area contributed by atoms with Crippen LogP contribution in [0.4, 0.5) is 4.79 Å². The number of alkyl carbamates (subject to hydrolysis) is 1. The molecule has 6 nitrogen and oxygen atoms in total. The van der Waals surface area contributed by atoms with Gasteiger partial charge in [0.05, 0.1) is 19.1 Å². The van der Waals surface area contributed by atoms with Gasteiger partial charge in [-0.1, -0.05) is 37.3 Å². The lowest BCUT2D eigenvalue weighted by atomic mass is 9.95. The zero-order valence-electron chi connectivity index (χ0n) is 15.5. The Kier molecular flexibility index (Phi) is 10.5. The van der Waals surface area contributed by atoms with Gasteiger partial charge in [-0.15, -0.1) is 0 Å². The third-order valence-corrected chi connectivity index (χ3v) is 4.60. The van der Waals surface area contributed by atoms with Crippen molar-refractivity contribution in [2.24, 2.45) is 5.92 Å². The highest BCUT2D eigenvalue weighted by molar-refractivity contribution is 7.98. The first-order valence-electron chi connectivity index (χ1n) is 8.58. The lowest BCUT2D eigenvalue weighted by molar-refractivity contribution is -0.147. The van der Waals surface area contributed by atoms with E-state index < -0.39 is 24.0 Å². The summed E-state index contributed by atoms with van der Waals surface area (Å²) in [5.74, 6) is -0.318. The molecule has 0 saturated carbocycles. The molecule has 0 radical (unpaired) electrons. The van der Waals surface area contributed by atoms with Crippen LogP contribution >= 0.6 is 11.8 Å². The molecule has 0 aliphatic rings. The van der Waals surface area contributed by atoms with Crippen LogP contribution in [0.1, 0.15) is 31.7 Å². The van der Waals surface area contributed by atoms with Gasteiger partial charge in [0.1, 0.15) is 6.61 Å². The molecular weight excluding hydrogens is 354 g/mol. The van der Waals surface area contributed by atoms with E-state index in [0.717, 1.165) is 11.3 Å². The lowest BCUT2D eigenvalue weighted by Crippen LogP contribution is -2.41. The number of nitrogens with one attached hydrogen (secondary N) is 1. The van der Waals surface area contributed by atoms with Crippen LogP contribution < -0.4 is 5.32 Å². The van der Waals surface area contributed by atoms with Gasteiger partial charge in [0, 0.05) is 6.42 Å². The van der Waals surface area contributed by atoms with Crippen LogP contribution in [0.5, 0.6) is 0 Å². The first-order valence-corrected chi connectivity index (χ1v) is 9.97. The Hall–Kier alpha value is -2.02. The minimum Gasteiger partial charge on any atom is -0.469 e. The van der Waals surface area contributed by atoms with E-state index in [1.54, 1.807) is 18.7 Å². The van der Waals surface area contributed by atoms with Crippen molar-refractivity contribution in [1.29, 1.82) is 0 Å². The summed E-state index contributed by atoms with van der Waals surface area (Å²) in [6.07, 6.45) is 2.33. The van der Waals surface area contributed by atoms with Gasteiger partial charge in [-0.05, 0) is 30.4 Å². The molecule has 7 heteroatoms. The van der Waals surface area contributed by atoms with Crippen LogP contribution in [0.2, 0.25) is 0 Å². The third kappa shape index (κ3) is 7.91. The lowest BCUT2D eigenvalue weighted by Gasteiger charge is -2.19. The van der Waals surface area contributed by atoms with Crippen LogP contribution in [0, 0.1) is 5.92 Å². The zero-order valence-corrected chi connectivity index (χ0v) is 16.3. The number of hydrogen-bond acceptors (Lipinski definition) is 6. The molecule has 0 spiro atoms. The Morgan fingerprint density at radius 3 is 2.46 bits per heavy atom. The number of ketones is 1. The summed E-state index contributed by atoms with van der Waals surface area (Å²) in [7, 11) is 1.31. The Bertz CT molecular complexity index is 579. The Morgan fingerprint density at radius 2 is 1.88 bits per heavy atom. The fraction of sp³-hybridized carbons (Fsp3) is 0.526. The SMILES string of the molecule is CC[C@H](NC(=O)OCc1ccccc1)C(=O)C[C@@H](CCSC)C(=O)OC. The number of amides is 1. The maximum absolute atomic E-state index is 12.5. The van der Waals surface area contributed by atoms with Gasteiger partial charge in [0.2, 0.25) is 0 Å². The summed E-state index contributed by atoms with van der Waals surface area (Å²) >= 11 is 1.61. The van der Waals surface area contributed by atoms with E-state index in [4.69, 9.17) is 9.47 Å². The summed E-state index contributed by atoms with van der Waals surface area (Å²) in [6, 6.07) is 8.61. The average molecular weight is 381 g/mol. The molecule has 0 aliphatic heterocycles. The molecule has 0 heterocycles. The van der Waals surface area contributed by atoms with E-state index in [1.807, 2.05) is 36.6 Å². The molecule has 0 aliphatic carbocycles. The second-order valence-corrected chi connectivity index (χ2v) is 6.82. The predicted octanol–water partition coefficient (Wildman–Crippen LogP) is 3.19. The molecule has 2 atom stereocenters. The highest BCUT2D eigenvalue weighted by Crippen LogP contribution is 2.16. The molecule has 0 unspecified atom stereocenters. The van der Waals surface area contributed by atoms with Crippen molar-refractivity contribution in [3.8, 4) is 0 Å². The first kappa shape index (κ1) is 22.0. The number of esters is 1. The van der Waals surface area contributed by atoms with Crippen molar-refractivity contribution in [3.63, 3.8) is 0 Å². The van der Waals surface area contributed by atoms with Gasteiger partial charge in [0.25, 0.3) is 0 Å². The van der Waals surface area contributed by atoms with E-state index in [2.05, 4.69) is 5.32 Å². The molecule has 0 bridgehead atoms. The highest BCUT2D eigenvalue weighted by atomic mass is 32.2. The summed E-state index contributed by atoms with van der Waals surface area (Å²) in [6.45, 7) is 1.94. The van der Waals surface area contributed by atoms with E-state index in [-0.39, 0.29) is 18.8 Å². The molecule has 1 aromatic carbocycles. The van der Waals surface area contributed by atoms with Gasteiger partial charge in [-0.3, -0.25) is 9.59 Å². The van der Waals surface area contributed by atoms with E-state index in [0.29, 0.717) is 12.8 Å². The molecule has 0 aromatic heterocycles. The standard InChI is InChI=1S/C19H27NO5S/c1-4-16(17(21)12-15(10-11-26-3)18(22)24-2)20-19(23)25-13-14-8-6-5-7-9-14/h5-9,15-16H,4,10-13H2,1-3H3,(H,20,23)/t15-,16+/m1/s1. The Balaban J connectivity index is 2.55. The fourth-order valence-corrected chi connectivity index (χ4v) is 2.95. The van der Waals surface area contributed by atoms with Gasteiger partial charge in [0.15, 0.2) is 5.78 Å². The van der Waals surface area contributed by atoms with E-state index in [1.165, 1.54) is 7.11 Å². The van der Waals surface area contributed by atoms with Crippen LogP contribution in [0.15, 0.2) is 30.3 Å². The quantitative estimate of drug-likeness (QED) is 0.593. The van der Waals surface area contributed by atoms with Crippen LogP contribution in [0.25, 0.3) is 0 Å². The van der Waals surface area contributed by atoms with Crippen LogP contribution in [0.3, 0.4) is 0 Å². The number of carbonyl (C=O) groups excluding carboxylic acids is 3. The van der Waals surface area contributed by atoms with Gasteiger partial charge in [-0.2, -0.15) is 11.8 Å². The van der Waals surface area contributed by atoms with E-state index in [9.17, 15) is 14.4 Å². The van der Waals surface area contributed by atoms with E-state index >= 15 is 0 Å². The number of Topliss-reactive ketones (excluding diaryl/α,β-unsaturated/α-hetero) is 1. The normalized spacial score (nSPS) is 12.7.